The van der Waals surface area contributed by atoms with Gasteiger partial charge in [-0.25, -0.2) is 45.5 Å². The summed E-state index contributed by atoms with van der Waals surface area (Å²) in [6.07, 6.45) is -4.50. The van der Waals surface area contributed by atoms with Crippen LogP contribution in [0.3, 0.4) is 0 Å². The predicted molar refractivity (Wildman–Crippen MR) is 465 cm³/mol. The van der Waals surface area contributed by atoms with Gasteiger partial charge in [-0.05, 0) is 191 Å². The van der Waals surface area contributed by atoms with Crippen LogP contribution < -0.4 is 0 Å². The first-order valence-corrected chi connectivity index (χ1v) is 40.2. The number of ether oxygens (including phenoxy) is 3. The Hall–Kier alpha value is -12.3. The predicted octanol–water partition coefficient (Wildman–Crippen LogP) is 27.4. The maximum Gasteiger partial charge on any atom is 0.431 e. The number of aryl methyl sites for hydroxylation is 2. The van der Waals surface area contributed by atoms with E-state index in [4.69, 9.17) is 83.8 Å². The van der Waals surface area contributed by atoms with E-state index in [1.807, 2.05) is 48.0 Å². The highest BCUT2D eigenvalue weighted by molar-refractivity contribution is 6.32. The number of H-pyrrole nitrogens is 1. The van der Waals surface area contributed by atoms with E-state index in [9.17, 15) is 91.9 Å². The van der Waals surface area contributed by atoms with Crippen LogP contribution in [0.15, 0.2) is 218 Å². The first-order chi connectivity index (χ1) is 60.0. The molecule has 0 aliphatic rings. The molecular formula is C93H75Cl6F12N5O11. The average Bonchev–Trinajstić information content (AvgIpc) is 1.59. The van der Waals surface area contributed by atoms with E-state index < -0.39 is 93.1 Å². The number of aldehydes is 1. The quantitative estimate of drug-likeness (QED) is 0.0183. The number of halogens is 18. The number of aromatic carboxylic acids is 1. The molecule has 4 aromatic heterocycles. The normalized spacial score (nSPS) is 11.1. The lowest BCUT2D eigenvalue weighted by Crippen LogP contribution is -2.20. The van der Waals surface area contributed by atoms with Crippen LogP contribution in [0.2, 0.25) is 30.1 Å². The second-order valence-electron chi connectivity index (χ2n) is 27.4. The minimum Gasteiger partial charge on any atom is -0.477 e. The van der Waals surface area contributed by atoms with E-state index in [2.05, 4.69) is 4.98 Å². The van der Waals surface area contributed by atoms with Crippen molar-refractivity contribution >= 4 is 106 Å². The molecule has 16 nitrogen and oxygen atoms in total. The van der Waals surface area contributed by atoms with Crippen LogP contribution in [-0.4, -0.2) is 78.7 Å². The van der Waals surface area contributed by atoms with Crippen molar-refractivity contribution in [2.45, 2.75) is 87.4 Å². The zero-order valence-corrected chi connectivity index (χ0v) is 72.8. The number of carbonyl (C=O) groups excluding carboxylic acids is 4. The second kappa shape index (κ2) is 45.2. The molecule has 9 aromatic carbocycles. The van der Waals surface area contributed by atoms with Crippen molar-refractivity contribution in [3.05, 3.63) is 378 Å². The second-order valence-corrected chi connectivity index (χ2v) is 30.0. The van der Waals surface area contributed by atoms with Crippen LogP contribution in [0.5, 0.6) is 0 Å². The lowest BCUT2D eigenvalue weighted by Gasteiger charge is -2.16. The number of nitro groups is 1. The average molecular weight is 1880 g/mol. The number of rotatable bonds is 20. The molecule has 0 aliphatic heterocycles. The Morgan fingerprint density at radius 1 is 0.441 bits per heavy atom. The minimum atomic E-state index is -4.83. The van der Waals surface area contributed by atoms with Crippen molar-refractivity contribution in [1.29, 1.82) is 0 Å². The van der Waals surface area contributed by atoms with Crippen LogP contribution in [0, 0.1) is 72.7 Å². The van der Waals surface area contributed by atoms with Crippen molar-refractivity contribution in [2.75, 3.05) is 19.8 Å². The summed E-state index contributed by atoms with van der Waals surface area (Å²) in [5.74, 6) is -7.34. The topological polar surface area (TPSA) is 207 Å². The largest absolute Gasteiger partial charge is 0.477 e. The lowest BCUT2D eigenvalue weighted by atomic mass is 10.00. The molecule has 0 radical (unpaired) electrons. The van der Waals surface area contributed by atoms with Gasteiger partial charge in [-0.2, -0.15) is 26.3 Å². The molecule has 13 aromatic rings. The van der Waals surface area contributed by atoms with Gasteiger partial charge >= 0.3 is 36.2 Å². The Morgan fingerprint density at radius 2 is 0.772 bits per heavy atom. The fourth-order valence-electron chi connectivity index (χ4n) is 13.2. The SMILES string of the molecule is C/C(=C\c1ccc(Cl)cc1F)[N+](=O)[O-].CCOC(=O)c1[nH]cc(C)c1-c1ccc(Cl)cc1F.CCOC(=O)c1c(-c2ccc(Cl)cc2F)c(C)c(C(F)(F)F)n1Cc1ccccc1.CCOC(=O)c1c(-c2ccc(Cl)cc2F)c(C)cn1Cc1ccccc1.Cc1c(-c2ccc(Cl)cc2F)c(C(=O)O)n(Cc2ccccc2)c1C(F)(F)F.O=Cc1ccc(Cl)cc1F. The third-order valence-corrected chi connectivity index (χ3v) is 20.0. The number of benzene rings is 9. The van der Waals surface area contributed by atoms with Gasteiger partial charge in [-0.15, -0.1) is 0 Å². The van der Waals surface area contributed by atoms with Gasteiger partial charge in [0.1, 0.15) is 69.1 Å². The van der Waals surface area contributed by atoms with Crippen LogP contribution in [0.4, 0.5) is 52.7 Å². The minimum absolute atomic E-state index is 0.0319. The summed E-state index contributed by atoms with van der Waals surface area (Å²) in [5, 5.41) is 21.3. The molecule has 0 unspecified atom stereocenters. The monoisotopic (exact) mass is 1880 g/mol. The van der Waals surface area contributed by atoms with Crippen LogP contribution in [0.25, 0.3) is 50.6 Å². The zero-order valence-electron chi connectivity index (χ0n) is 68.2. The summed E-state index contributed by atoms with van der Waals surface area (Å²) in [6, 6.07) is 50.0. The van der Waals surface area contributed by atoms with Gasteiger partial charge in [0.2, 0.25) is 5.70 Å². The van der Waals surface area contributed by atoms with E-state index in [0.717, 1.165) is 58.5 Å². The Balaban J connectivity index is 0.000000194. The lowest BCUT2D eigenvalue weighted by molar-refractivity contribution is -0.422. The summed E-state index contributed by atoms with van der Waals surface area (Å²) in [4.78, 5) is 71.8. The number of nitrogens with zero attached hydrogens (tertiary/aromatic N) is 4. The van der Waals surface area contributed by atoms with Crippen molar-refractivity contribution < 1.29 is 101 Å². The fraction of sp³-hybridized carbons (Fsp3) is 0.172. The summed E-state index contributed by atoms with van der Waals surface area (Å²) in [7, 11) is 0. The van der Waals surface area contributed by atoms with Gasteiger partial charge < -0.3 is 38.0 Å². The number of allylic oxidation sites excluding steroid dienone is 1. The number of hydrogen-bond donors (Lipinski definition) is 2. The van der Waals surface area contributed by atoms with E-state index >= 15 is 0 Å². The van der Waals surface area contributed by atoms with Gasteiger partial charge in [-0.3, -0.25) is 14.9 Å². The first kappa shape index (κ1) is 100. The van der Waals surface area contributed by atoms with Gasteiger partial charge in [-0.1, -0.05) is 167 Å². The molecule has 34 heteroatoms. The maximum absolute atomic E-state index is 14.7. The summed E-state index contributed by atoms with van der Waals surface area (Å²) in [5.41, 5.74) is 1.35. The first-order valence-electron chi connectivity index (χ1n) is 37.9. The maximum atomic E-state index is 14.7. The van der Waals surface area contributed by atoms with E-state index in [-0.39, 0.29) is 110 Å². The molecular weight excluding hydrogens is 1800 g/mol. The summed E-state index contributed by atoms with van der Waals surface area (Å²) in [6.45, 7) is 12.7. The molecule has 0 aliphatic carbocycles. The highest BCUT2D eigenvalue weighted by Gasteiger charge is 2.44. The Kier molecular flexibility index (Phi) is 35.6. The number of nitrogens with one attached hydrogen (secondary N) is 1. The van der Waals surface area contributed by atoms with Crippen molar-refractivity contribution in [3.63, 3.8) is 0 Å². The van der Waals surface area contributed by atoms with Crippen LogP contribution in [-0.2, 0) is 46.2 Å². The van der Waals surface area contributed by atoms with Gasteiger partial charge in [0.05, 0.1) is 30.3 Å². The van der Waals surface area contributed by atoms with Gasteiger partial charge in [0, 0.05) is 125 Å². The molecule has 0 bridgehead atoms. The van der Waals surface area contributed by atoms with Gasteiger partial charge in [0.25, 0.3) is 0 Å². The van der Waals surface area contributed by atoms with Gasteiger partial charge in [0.15, 0.2) is 6.29 Å². The summed E-state index contributed by atoms with van der Waals surface area (Å²) >= 11 is 34.1. The zero-order chi connectivity index (χ0) is 93.6. The van der Waals surface area contributed by atoms with E-state index in [1.165, 1.54) is 74.5 Å². The number of hydrogen-bond acceptors (Lipinski definition) is 10. The van der Waals surface area contributed by atoms with E-state index in [1.54, 1.807) is 119 Å². The number of carbonyl (C=O) groups is 5. The molecule has 0 saturated carbocycles. The standard InChI is InChI=1S/C22H18ClF4NO2.C21H19ClFNO2.C20H14ClF4NO2.C14H13ClFNO2.C9H7ClFNO2.C7H4ClFO/c1-3-30-21(29)19-18(16-10-9-15(23)11-17(16)24)13(2)20(22(25,26)27)28(19)12-14-7-5-4-6-8-14;1-3-26-21(25)20-19(17-10-9-16(22)11-18(17)23)14(2)12-24(20)13-15-7-5-4-6-8-15;1-11-16(14-8-7-13(21)9-15(14)22)17(19(27)28)26(18(11)20(23,24)25)10-12-5-3-2-4-6-12;1-3-19-14(18)13-12(8(2)7-17-13)10-5-4-9(15)6-11(10)16;1-6(12(13)14)4-7-2-3-8(10)5-9(7)11;8-6-2-1-5(4-10)7(9)3-6/h4-11H,3,12H2,1-2H3;4-12H,3,13H2,1-2H3;2-9H,10H2,1H3,(H,27,28);4-7,17H,3H2,1-2H3;2-5H,1H3;1-4H/b;;;;6-4+;. The smallest absolute Gasteiger partial charge is 0.431 e. The molecule has 0 fully saturated rings. The molecule has 0 amide bonds. The molecule has 13 rings (SSSR count). The van der Waals surface area contributed by atoms with E-state index in [0.29, 0.717) is 71.5 Å². The fourth-order valence-corrected chi connectivity index (χ4v) is 14.2. The number of carboxylic acid groups (broad SMARTS) is 1. The van der Waals surface area contributed by atoms with Crippen molar-refractivity contribution in [2.24, 2.45) is 0 Å². The molecule has 0 spiro atoms. The number of aromatic nitrogens is 4. The summed E-state index contributed by atoms with van der Waals surface area (Å²) < 4.78 is 185. The van der Waals surface area contributed by atoms with Crippen LogP contribution >= 0.6 is 69.6 Å². The molecule has 0 atom stereocenters. The highest BCUT2D eigenvalue weighted by atomic mass is 35.5. The van der Waals surface area contributed by atoms with Crippen molar-refractivity contribution in [1.82, 2.24) is 18.7 Å². The molecule has 2 N–H and O–H groups in total. The Labute approximate surface area is 750 Å². The van der Waals surface area contributed by atoms with Crippen LogP contribution in [0.1, 0.15) is 136 Å². The molecule has 0 saturated heterocycles. The Bertz CT molecular complexity index is 6180. The Morgan fingerprint density at radius 3 is 1.13 bits per heavy atom. The third kappa shape index (κ3) is 26.0. The van der Waals surface area contributed by atoms with Crippen molar-refractivity contribution in [3.8, 4) is 44.5 Å². The number of esters is 3. The third-order valence-electron chi connectivity index (χ3n) is 18.6. The number of alkyl halides is 6. The highest BCUT2D eigenvalue weighted by Crippen LogP contribution is 2.45. The number of carboxylic acids is 1. The molecule has 4 heterocycles. The number of aromatic amines is 1. The molecule has 127 heavy (non-hydrogen) atoms. The molecule has 664 valence electrons.